The summed E-state index contributed by atoms with van der Waals surface area (Å²) in [5, 5.41) is 9.54. The van der Waals surface area contributed by atoms with Gasteiger partial charge in [0.2, 0.25) is 0 Å². The third kappa shape index (κ3) is 2.99. The molecule has 1 aromatic carbocycles. The number of carbonyl (C=O) groups is 1. The van der Waals surface area contributed by atoms with Crippen LogP contribution < -0.4 is 14.8 Å². The molecule has 21 heavy (non-hydrogen) atoms. The van der Waals surface area contributed by atoms with E-state index in [1.54, 1.807) is 30.6 Å². The Morgan fingerprint density at radius 1 is 1.33 bits per heavy atom. The lowest BCUT2D eigenvalue weighted by atomic mass is 10.1. The molecule has 0 bridgehead atoms. The number of amides is 1. The van der Waals surface area contributed by atoms with Gasteiger partial charge >= 0.3 is 0 Å². The summed E-state index contributed by atoms with van der Waals surface area (Å²) < 4.78 is 11.2. The topological polar surface area (TPSA) is 76.2 Å². The number of aromatic nitrogens is 2. The van der Waals surface area contributed by atoms with Crippen molar-refractivity contribution in [2.45, 2.75) is 19.4 Å². The number of hydrogen-bond donors (Lipinski definition) is 2. The lowest BCUT2D eigenvalue weighted by Crippen LogP contribution is -2.26. The highest BCUT2D eigenvalue weighted by molar-refractivity contribution is 5.95. The molecule has 1 aromatic heterocycles. The Bertz CT molecular complexity index is 625. The number of H-pyrrole nitrogens is 1. The average molecular weight is 287 g/mol. The molecule has 1 unspecified atom stereocenters. The Morgan fingerprint density at radius 2 is 2.14 bits per heavy atom. The van der Waals surface area contributed by atoms with Crippen LogP contribution in [0.5, 0.6) is 11.5 Å². The van der Waals surface area contributed by atoms with Crippen molar-refractivity contribution in [1.29, 1.82) is 0 Å². The van der Waals surface area contributed by atoms with Gasteiger partial charge in [0, 0.05) is 23.7 Å². The van der Waals surface area contributed by atoms with Crippen LogP contribution in [0.15, 0.2) is 30.6 Å². The van der Waals surface area contributed by atoms with E-state index in [1.807, 2.05) is 6.92 Å². The Hall–Kier alpha value is -2.50. The van der Waals surface area contributed by atoms with Crippen molar-refractivity contribution in [2.75, 3.05) is 13.2 Å². The summed E-state index contributed by atoms with van der Waals surface area (Å²) in [4.78, 5) is 12.3. The monoisotopic (exact) mass is 287 g/mol. The number of ether oxygens (including phenoxy) is 2. The fraction of sp³-hybridized carbons (Fsp3) is 0.333. The van der Waals surface area contributed by atoms with E-state index in [-0.39, 0.29) is 11.9 Å². The first-order valence-electron chi connectivity index (χ1n) is 6.93. The zero-order valence-electron chi connectivity index (χ0n) is 11.8. The molecule has 3 rings (SSSR count). The van der Waals surface area contributed by atoms with Gasteiger partial charge in [-0.1, -0.05) is 0 Å². The highest BCUT2D eigenvalue weighted by atomic mass is 16.5. The van der Waals surface area contributed by atoms with Crippen LogP contribution in [0.25, 0.3) is 0 Å². The van der Waals surface area contributed by atoms with Gasteiger partial charge in [0.05, 0.1) is 25.5 Å². The van der Waals surface area contributed by atoms with Gasteiger partial charge in [-0.05, 0) is 25.1 Å². The molecule has 1 aliphatic rings. The SMILES string of the molecule is CC(NC(=O)c1ccc2c(c1)OCCCO2)c1cn[nH]c1. The van der Waals surface area contributed by atoms with Crippen LogP contribution in [0.2, 0.25) is 0 Å². The summed E-state index contributed by atoms with van der Waals surface area (Å²) in [6.45, 7) is 3.14. The van der Waals surface area contributed by atoms with Crippen molar-refractivity contribution in [1.82, 2.24) is 15.5 Å². The molecule has 0 aliphatic carbocycles. The summed E-state index contributed by atoms with van der Waals surface area (Å²) in [5.74, 6) is 1.15. The molecule has 0 radical (unpaired) electrons. The van der Waals surface area contributed by atoms with Gasteiger partial charge in [0.25, 0.3) is 5.91 Å². The smallest absolute Gasteiger partial charge is 0.251 e. The van der Waals surface area contributed by atoms with E-state index in [4.69, 9.17) is 9.47 Å². The standard InChI is InChI=1S/C15H17N3O3/c1-10(12-8-16-17-9-12)18-15(19)11-3-4-13-14(7-11)21-6-2-5-20-13/h3-4,7-10H,2,5-6H2,1H3,(H,16,17)(H,18,19). The number of hydrogen-bond acceptors (Lipinski definition) is 4. The summed E-state index contributed by atoms with van der Waals surface area (Å²) in [6, 6.07) is 5.12. The summed E-state index contributed by atoms with van der Waals surface area (Å²) in [6.07, 6.45) is 4.30. The zero-order valence-corrected chi connectivity index (χ0v) is 11.8. The van der Waals surface area contributed by atoms with E-state index in [0.29, 0.717) is 30.3 Å². The van der Waals surface area contributed by atoms with Crippen LogP contribution in [-0.4, -0.2) is 29.3 Å². The summed E-state index contributed by atoms with van der Waals surface area (Å²) in [5.41, 5.74) is 1.48. The van der Waals surface area contributed by atoms with Gasteiger partial charge < -0.3 is 14.8 Å². The normalized spacial score (nSPS) is 15.1. The maximum atomic E-state index is 12.3. The van der Waals surface area contributed by atoms with Crippen molar-refractivity contribution >= 4 is 5.91 Å². The third-order valence-electron chi connectivity index (χ3n) is 3.38. The highest BCUT2D eigenvalue weighted by Gasteiger charge is 2.16. The molecule has 0 spiro atoms. The molecular formula is C15H17N3O3. The quantitative estimate of drug-likeness (QED) is 0.906. The minimum absolute atomic E-state index is 0.118. The van der Waals surface area contributed by atoms with Crippen molar-refractivity contribution in [2.24, 2.45) is 0 Å². The molecule has 1 amide bonds. The fourth-order valence-corrected chi connectivity index (χ4v) is 2.17. The summed E-state index contributed by atoms with van der Waals surface area (Å²) >= 11 is 0. The Kier molecular flexibility index (Phi) is 3.77. The molecule has 2 N–H and O–H groups in total. The van der Waals surface area contributed by atoms with Crippen LogP contribution in [0.3, 0.4) is 0 Å². The molecule has 0 saturated carbocycles. The minimum Gasteiger partial charge on any atom is -0.490 e. The van der Waals surface area contributed by atoms with Crippen molar-refractivity contribution < 1.29 is 14.3 Å². The third-order valence-corrected chi connectivity index (χ3v) is 3.38. The zero-order chi connectivity index (χ0) is 14.7. The number of fused-ring (bicyclic) bond motifs is 1. The Morgan fingerprint density at radius 3 is 2.90 bits per heavy atom. The van der Waals surface area contributed by atoms with Gasteiger partial charge in [-0.25, -0.2) is 0 Å². The second-order valence-corrected chi connectivity index (χ2v) is 4.94. The molecule has 6 nitrogen and oxygen atoms in total. The molecule has 2 heterocycles. The molecule has 1 atom stereocenters. The van der Waals surface area contributed by atoms with E-state index >= 15 is 0 Å². The summed E-state index contributed by atoms with van der Waals surface area (Å²) in [7, 11) is 0. The molecule has 0 saturated heterocycles. The van der Waals surface area contributed by atoms with Crippen LogP contribution in [0.1, 0.15) is 35.3 Å². The largest absolute Gasteiger partial charge is 0.490 e. The lowest BCUT2D eigenvalue weighted by Gasteiger charge is -2.13. The highest BCUT2D eigenvalue weighted by Crippen LogP contribution is 2.30. The molecular weight excluding hydrogens is 270 g/mol. The number of nitrogens with one attached hydrogen (secondary N) is 2. The van der Waals surface area contributed by atoms with Crippen molar-refractivity contribution in [3.05, 3.63) is 41.7 Å². The van der Waals surface area contributed by atoms with Gasteiger partial charge in [-0.3, -0.25) is 9.89 Å². The van der Waals surface area contributed by atoms with Crippen LogP contribution in [-0.2, 0) is 0 Å². The van der Waals surface area contributed by atoms with Crippen molar-refractivity contribution in [3.8, 4) is 11.5 Å². The Labute approximate surface area is 122 Å². The molecule has 2 aromatic rings. The van der Waals surface area contributed by atoms with Crippen LogP contribution >= 0.6 is 0 Å². The molecule has 6 heteroatoms. The van der Waals surface area contributed by atoms with E-state index in [2.05, 4.69) is 15.5 Å². The molecule has 1 aliphatic heterocycles. The first-order chi connectivity index (χ1) is 10.2. The Balaban J connectivity index is 1.74. The number of carbonyl (C=O) groups excluding carboxylic acids is 1. The van der Waals surface area contributed by atoms with Gasteiger partial charge in [0.1, 0.15) is 0 Å². The second kappa shape index (κ2) is 5.87. The number of aromatic amines is 1. The first-order valence-corrected chi connectivity index (χ1v) is 6.93. The lowest BCUT2D eigenvalue weighted by molar-refractivity contribution is 0.0939. The van der Waals surface area contributed by atoms with E-state index in [9.17, 15) is 4.79 Å². The van der Waals surface area contributed by atoms with E-state index in [1.165, 1.54) is 0 Å². The van der Waals surface area contributed by atoms with Crippen molar-refractivity contribution in [3.63, 3.8) is 0 Å². The van der Waals surface area contributed by atoms with E-state index in [0.717, 1.165) is 12.0 Å². The predicted octanol–water partition coefficient (Wildman–Crippen LogP) is 2.06. The second-order valence-electron chi connectivity index (χ2n) is 4.94. The number of nitrogens with zero attached hydrogens (tertiary/aromatic N) is 1. The average Bonchev–Trinajstić information content (AvgIpc) is 2.92. The molecule has 0 fully saturated rings. The van der Waals surface area contributed by atoms with Gasteiger partial charge in [-0.15, -0.1) is 0 Å². The maximum Gasteiger partial charge on any atom is 0.251 e. The fourth-order valence-electron chi connectivity index (χ4n) is 2.17. The predicted molar refractivity (Wildman–Crippen MR) is 76.5 cm³/mol. The van der Waals surface area contributed by atoms with Crippen LogP contribution in [0.4, 0.5) is 0 Å². The minimum atomic E-state index is -0.153. The van der Waals surface area contributed by atoms with Crippen LogP contribution in [0, 0.1) is 0 Å². The van der Waals surface area contributed by atoms with E-state index < -0.39 is 0 Å². The first kappa shape index (κ1) is 13.5. The van der Waals surface area contributed by atoms with Gasteiger partial charge in [0.15, 0.2) is 11.5 Å². The number of benzene rings is 1. The van der Waals surface area contributed by atoms with Gasteiger partial charge in [-0.2, -0.15) is 5.10 Å². The number of rotatable bonds is 3. The molecule has 110 valence electrons. The maximum absolute atomic E-state index is 12.3.